The summed E-state index contributed by atoms with van der Waals surface area (Å²) in [4.78, 5) is 36.6. The first-order valence-corrected chi connectivity index (χ1v) is 13.5. The van der Waals surface area contributed by atoms with Gasteiger partial charge in [0.25, 0.3) is 0 Å². The zero-order valence-corrected chi connectivity index (χ0v) is 23.8. The maximum atomic E-state index is 6.73. The quantitative estimate of drug-likeness (QED) is 0.164. The molecule has 0 fully saturated rings. The van der Waals surface area contributed by atoms with Crippen LogP contribution < -0.4 is 0 Å². The number of aromatic amines is 2. The van der Waals surface area contributed by atoms with Crippen LogP contribution in [0.4, 0.5) is 0 Å². The molecule has 203 valence electrons. The van der Waals surface area contributed by atoms with Gasteiger partial charge in [0, 0.05) is 66.2 Å². The van der Waals surface area contributed by atoms with Gasteiger partial charge in [-0.1, -0.05) is 96.5 Å². The molecular weight excluding hydrogens is 640 g/mol. The van der Waals surface area contributed by atoms with E-state index in [-0.39, 0.29) is 22.4 Å². The Balaban J connectivity index is 0.00000267. The Morgan fingerprint density at radius 1 is 0.405 bits per heavy atom. The first-order valence-electron chi connectivity index (χ1n) is 13.1. The Morgan fingerprint density at radius 2 is 0.786 bits per heavy atom. The monoisotopic (exact) mass is 655 g/mol. The summed E-state index contributed by atoms with van der Waals surface area (Å²) in [7, 11) is 0. The molecule has 0 amide bonds. The van der Waals surface area contributed by atoms with E-state index >= 15 is 0 Å². The number of H-pyrrole nitrogens is 2. The summed E-state index contributed by atoms with van der Waals surface area (Å²) in [5, 5.41) is 4.05. The van der Waals surface area contributed by atoms with E-state index in [0.717, 1.165) is 43.8 Å². The predicted octanol–water partition coefficient (Wildman–Crippen LogP) is 7.52. The molecule has 1 radical (unpaired) electrons. The second-order valence-corrected chi connectivity index (χ2v) is 10.3. The molecular formula is C32H17AgClN8. The molecule has 0 unspecified atom stereocenters. The Bertz CT molecular complexity index is 2410. The van der Waals surface area contributed by atoms with Gasteiger partial charge in [-0.3, -0.25) is 0 Å². The van der Waals surface area contributed by atoms with Crippen LogP contribution in [-0.2, 0) is 22.4 Å². The molecule has 0 spiro atoms. The van der Waals surface area contributed by atoms with Gasteiger partial charge in [0.2, 0.25) is 0 Å². The first-order chi connectivity index (χ1) is 20.2. The van der Waals surface area contributed by atoms with Gasteiger partial charge in [-0.15, -0.1) is 0 Å². The van der Waals surface area contributed by atoms with E-state index in [1.807, 2.05) is 91.0 Å². The van der Waals surface area contributed by atoms with Crippen LogP contribution in [0.3, 0.4) is 0 Å². The summed E-state index contributed by atoms with van der Waals surface area (Å²) >= 11 is 6.73. The molecule has 3 aromatic heterocycles. The number of hydrogen-bond donors (Lipinski definition) is 2. The Labute approximate surface area is 258 Å². The Hall–Kier alpha value is -4.73. The van der Waals surface area contributed by atoms with E-state index in [1.54, 1.807) is 0 Å². The van der Waals surface area contributed by atoms with Gasteiger partial charge in [-0.2, -0.15) is 0 Å². The van der Waals surface area contributed by atoms with Gasteiger partial charge in [0.1, 0.15) is 22.6 Å². The van der Waals surface area contributed by atoms with Crippen LogP contribution >= 0.6 is 11.6 Å². The molecule has 9 rings (SSSR count). The number of benzene rings is 4. The van der Waals surface area contributed by atoms with Crippen molar-refractivity contribution in [2.24, 2.45) is 0 Å². The van der Waals surface area contributed by atoms with Crippen molar-refractivity contribution in [3.05, 3.63) is 96.0 Å². The van der Waals surface area contributed by atoms with Crippen molar-refractivity contribution in [1.82, 2.24) is 39.9 Å². The van der Waals surface area contributed by atoms with Crippen molar-refractivity contribution in [2.45, 2.75) is 0 Å². The molecule has 0 atom stereocenters. The summed E-state index contributed by atoms with van der Waals surface area (Å²) in [6.45, 7) is 0. The van der Waals surface area contributed by atoms with Crippen LogP contribution in [0.15, 0.2) is 91.0 Å². The molecule has 8 bridgehead atoms. The summed E-state index contributed by atoms with van der Waals surface area (Å²) < 4.78 is 0. The molecule has 42 heavy (non-hydrogen) atoms. The third kappa shape index (κ3) is 3.67. The van der Waals surface area contributed by atoms with Crippen LogP contribution in [-0.4, -0.2) is 39.9 Å². The van der Waals surface area contributed by atoms with E-state index in [2.05, 4.69) is 9.97 Å². The second-order valence-electron chi connectivity index (χ2n) is 9.91. The van der Waals surface area contributed by atoms with Gasteiger partial charge >= 0.3 is 0 Å². The van der Waals surface area contributed by atoms with Gasteiger partial charge < -0.3 is 9.97 Å². The number of halogens is 1. The van der Waals surface area contributed by atoms with Crippen LogP contribution in [0, 0.1) is 0 Å². The Kier molecular flexibility index (Phi) is 5.60. The molecule has 0 saturated carbocycles. The topological polar surface area (TPSA) is 109 Å². The van der Waals surface area contributed by atoms with E-state index in [9.17, 15) is 0 Å². The fourth-order valence-electron chi connectivity index (χ4n) is 5.65. The predicted molar refractivity (Wildman–Crippen MR) is 161 cm³/mol. The molecule has 0 aliphatic carbocycles. The van der Waals surface area contributed by atoms with Gasteiger partial charge in [-0.05, 0) is 6.07 Å². The van der Waals surface area contributed by atoms with Crippen LogP contribution in [0.1, 0.15) is 0 Å². The third-order valence-electron chi connectivity index (χ3n) is 7.53. The SMILES string of the molecule is Clc1cccc2c3nc4nc(nc5[nH]c(nc6nc(nc([nH]3)c12)-c1ccccc1-6)c1ccccc51)-c1ccccc1-4.[Ag]. The molecule has 5 heterocycles. The van der Waals surface area contributed by atoms with E-state index in [4.69, 9.17) is 41.5 Å². The second kappa shape index (κ2) is 9.40. The van der Waals surface area contributed by atoms with E-state index < -0.39 is 0 Å². The van der Waals surface area contributed by atoms with Crippen molar-refractivity contribution in [3.8, 4) is 45.6 Å². The normalized spacial score (nSPS) is 11.7. The number of fused-ring (bicyclic) bond motifs is 20. The minimum atomic E-state index is 0. The molecule has 8 nitrogen and oxygen atoms in total. The largest absolute Gasteiger partial charge is 0.324 e. The fourth-order valence-corrected chi connectivity index (χ4v) is 5.91. The Morgan fingerprint density at radius 3 is 1.29 bits per heavy atom. The van der Waals surface area contributed by atoms with Crippen molar-refractivity contribution < 1.29 is 22.4 Å². The maximum Gasteiger partial charge on any atom is 0.164 e. The molecule has 10 heteroatoms. The molecule has 2 N–H and O–H groups in total. The average Bonchev–Trinajstić information content (AvgIpc) is 3.73. The molecule has 7 aromatic rings. The number of nitrogens with one attached hydrogen (secondary N) is 2. The standard InChI is InChI=1S/C32H17ClN8.Ag/c33-23-15-7-14-22-24(23)32-40-30-21-13-6-5-12-20(21)28(38-30)36-26-17-9-2-1-8-16(17)25(34-26)35-27-18-10-3-4-11-19(18)29(37-27)39-31(22)41-32;/h1-15H,(H2,34,35,36,37,38,39,40,41);. The molecule has 0 saturated heterocycles. The number of aromatic nitrogens is 8. The number of hydrogen-bond acceptors (Lipinski definition) is 6. The first kappa shape index (κ1) is 25.0. The third-order valence-corrected chi connectivity index (χ3v) is 7.84. The van der Waals surface area contributed by atoms with Crippen molar-refractivity contribution in [2.75, 3.05) is 0 Å². The number of rotatable bonds is 0. The smallest absolute Gasteiger partial charge is 0.164 e. The number of nitrogens with zero attached hydrogens (tertiary/aromatic N) is 6. The van der Waals surface area contributed by atoms with Crippen molar-refractivity contribution >= 4 is 55.7 Å². The van der Waals surface area contributed by atoms with Crippen LogP contribution in [0.25, 0.3) is 89.7 Å². The van der Waals surface area contributed by atoms with Crippen LogP contribution in [0.5, 0.6) is 0 Å². The summed E-state index contributed by atoms with van der Waals surface area (Å²) in [5.74, 6) is 2.24. The van der Waals surface area contributed by atoms with Crippen molar-refractivity contribution in [1.29, 1.82) is 0 Å². The minimum absolute atomic E-state index is 0. The summed E-state index contributed by atoms with van der Waals surface area (Å²) in [5.41, 5.74) is 6.09. The summed E-state index contributed by atoms with van der Waals surface area (Å²) in [6.07, 6.45) is 0. The van der Waals surface area contributed by atoms with Crippen molar-refractivity contribution in [3.63, 3.8) is 0 Å². The summed E-state index contributed by atoms with van der Waals surface area (Å²) in [6, 6.07) is 29.7. The van der Waals surface area contributed by atoms with Gasteiger partial charge in [-0.25, -0.2) is 29.9 Å². The zero-order valence-electron chi connectivity index (χ0n) is 21.5. The van der Waals surface area contributed by atoms with E-state index in [0.29, 0.717) is 50.9 Å². The molecule has 2 aliphatic rings. The fraction of sp³-hybridized carbons (Fsp3) is 0. The molecule has 2 aliphatic heterocycles. The van der Waals surface area contributed by atoms with Crippen LogP contribution in [0.2, 0.25) is 5.02 Å². The van der Waals surface area contributed by atoms with E-state index in [1.165, 1.54) is 0 Å². The zero-order chi connectivity index (χ0) is 27.1. The minimum Gasteiger partial charge on any atom is -0.324 e. The van der Waals surface area contributed by atoms with Gasteiger partial charge in [0.15, 0.2) is 23.3 Å². The van der Waals surface area contributed by atoms with Gasteiger partial charge in [0.05, 0.1) is 5.02 Å². The maximum absolute atomic E-state index is 6.73. The molecule has 4 aromatic carbocycles. The average molecular weight is 657 g/mol.